The second kappa shape index (κ2) is 6.23. The minimum Gasteiger partial charge on any atom is -0.481 e. The lowest BCUT2D eigenvalue weighted by molar-refractivity contribution is -0.138. The maximum atomic E-state index is 12.2. The van der Waals surface area contributed by atoms with Gasteiger partial charge in [-0.15, -0.1) is 0 Å². The molecule has 1 rings (SSSR count). The highest BCUT2D eigenvalue weighted by molar-refractivity contribution is 5.66. The van der Waals surface area contributed by atoms with E-state index >= 15 is 0 Å². The zero-order valence-corrected chi connectivity index (χ0v) is 9.50. The summed E-state index contributed by atoms with van der Waals surface area (Å²) >= 11 is 0. The molecule has 1 aromatic heterocycles. The molecule has 2 N–H and O–H groups in total. The SMILES string of the molecule is O=C(O)CCCCNc1ccc(C(F)(F)F)cn1. The second-order valence-electron chi connectivity index (χ2n) is 3.71. The van der Waals surface area contributed by atoms with E-state index in [0.717, 1.165) is 12.3 Å². The molecule has 1 heterocycles. The Bertz CT molecular complexity index is 390. The van der Waals surface area contributed by atoms with Gasteiger partial charge in [0.1, 0.15) is 5.82 Å². The number of pyridine rings is 1. The van der Waals surface area contributed by atoms with Gasteiger partial charge < -0.3 is 10.4 Å². The third-order valence-electron chi connectivity index (χ3n) is 2.21. The highest BCUT2D eigenvalue weighted by Crippen LogP contribution is 2.28. The first-order valence-corrected chi connectivity index (χ1v) is 5.38. The number of hydrogen-bond donors (Lipinski definition) is 2. The molecule has 18 heavy (non-hydrogen) atoms. The van der Waals surface area contributed by atoms with Gasteiger partial charge in [0.05, 0.1) is 5.56 Å². The second-order valence-corrected chi connectivity index (χ2v) is 3.71. The summed E-state index contributed by atoms with van der Waals surface area (Å²) in [6.07, 6.45) is -2.40. The Morgan fingerprint density at radius 1 is 1.33 bits per heavy atom. The molecule has 0 spiro atoms. The van der Waals surface area contributed by atoms with E-state index in [9.17, 15) is 18.0 Å². The topological polar surface area (TPSA) is 62.2 Å². The minimum absolute atomic E-state index is 0.0854. The number of hydrogen-bond acceptors (Lipinski definition) is 3. The molecule has 0 radical (unpaired) electrons. The Kier molecular flexibility index (Phi) is 4.94. The van der Waals surface area contributed by atoms with Crippen LogP contribution in [-0.2, 0) is 11.0 Å². The fraction of sp³-hybridized carbons (Fsp3) is 0.455. The molecule has 7 heteroatoms. The van der Waals surface area contributed by atoms with E-state index in [0.29, 0.717) is 25.2 Å². The van der Waals surface area contributed by atoms with Gasteiger partial charge in [-0.05, 0) is 25.0 Å². The predicted molar refractivity (Wildman–Crippen MR) is 59.2 cm³/mol. The van der Waals surface area contributed by atoms with Crippen molar-refractivity contribution in [2.75, 3.05) is 11.9 Å². The lowest BCUT2D eigenvalue weighted by atomic mass is 10.2. The Balaban J connectivity index is 2.33. The monoisotopic (exact) mass is 262 g/mol. The molecular formula is C11H13F3N2O2. The fourth-order valence-electron chi connectivity index (χ4n) is 1.28. The molecule has 0 saturated heterocycles. The lowest BCUT2D eigenvalue weighted by Gasteiger charge is -2.08. The van der Waals surface area contributed by atoms with Crippen molar-refractivity contribution in [3.05, 3.63) is 23.9 Å². The molecule has 0 atom stereocenters. The minimum atomic E-state index is -4.38. The number of nitrogens with one attached hydrogen (secondary N) is 1. The number of unbranched alkanes of at least 4 members (excludes halogenated alkanes) is 1. The van der Waals surface area contributed by atoms with E-state index in [4.69, 9.17) is 5.11 Å². The molecule has 0 unspecified atom stereocenters. The quantitative estimate of drug-likeness (QED) is 0.774. The van der Waals surface area contributed by atoms with Crippen molar-refractivity contribution in [1.82, 2.24) is 4.98 Å². The molecule has 0 aliphatic heterocycles. The van der Waals surface area contributed by atoms with Crippen LogP contribution in [0.25, 0.3) is 0 Å². The van der Waals surface area contributed by atoms with Gasteiger partial charge in [-0.1, -0.05) is 0 Å². The van der Waals surface area contributed by atoms with Gasteiger partial charge in [-0.3, -0.25) is 4.79 Å². The standard InChI is InChI=1S/C11H13F3N2O2/c12-11(13,14)8-4-5-9(16-7-8)15-6-2-1-3-10(17)18/h4-5,7H,1-3,6H2,(H,15,16)(H,17,18). The van der Waals surface area contributed by atoms with E-state index in [1.54, 1.807) is 0 Å². The number of carbonyl (C=O) groups is 1. The van der Waals surface area contributed by atoms with Crippen LogP contribution in [0.4, 0.5) is 19.0 Å². The van der Waals surface area contributed by atoms with Crippen LogP contribution in [0.3, 0.4) is 0 Å². The number of aliphatic carboxylic acids is 1. The summed E-state index contributed by atoms with van der Waals surface area (Å²) in [4.78, 5) is 13.9. The Labute approximate surface area is 102 Å². The molecule has 0 aromatic carbocycles. The average Bonchev–Trinajstić information content (AvgIpc) is 2.27. The van der Waals surface area contributed by atoms with Crippen molar-refractivity contribution in [2.24, 2.45) is 0 Å². The van der Waals surface area contributed by atoms with Gasteiger partial charge in [0, 0.05) is 19.2 Å². The number of aromatic nitrogens is 1. The van der Waals surface area contributed by atoms with Crippen molar-refractivity contribution in [3.63, 3.8) is 0 Å². The molecule has 0 fully saturated rings. The maximum Gasteiger partial charge on any atom is 0.417 e. The van der Waals surface area contributed by atoms with Gasteiger partial charge in [-0.25, -0.2) is 4.98 Å². The molecule has 1 aromatic rings. The number of halogens is 3. The van der Waals surface area contributed by atoms with E-state index in [1.807, 2.05) is 0 Å². The van der Waals surface area contributed by atoms with Crippen LogP contribution < -0.4 is 5.32 Å². The van der Waals surface area contributed by atoms with Crippen molar-refractivity contribution in [3.8, 4) is 0 Å². The lowest BCUT2D eigenvalue weighted by Crippen LogP contribution is -2.08. The smallest absolute Gasteiger partial charge is 0.417 e. The third-order valence-corrected chi connectivity index (χ3v) is 2.21. The summed E-state index contributed by atoms with van der Waals surface area (Å²) < 4.78 is 36.7. The number of anilines is 1. The van der Waals surface area contributed by atoms with Gasteiger partial charge in [-0.2, -0.15) is 13.2 Å². The van der Waals surface area contributed by atoms with Crippen molar-refractivity contribution in [2.45, 2.75) is 25.4 Å². The first kappa shape index (κ1) is 14.3. The molecule has 0 bridgehead atoms. The zero-order chi connectivity index (χ0) is 13.6. The number of carboxylic acids is 1. The molecular weight excluding hydrogens is 249 g/mol. The van der Waals surface area contributed by atoms with Crippen molar-refractivity contribution >= 4 is 11.8 Å². The Hall–Kier alpha value is -1.79. The molecule has 100 valence electrons. The number of alkyl halides is 3. The largest absolute Gasteiger partial charge is 0.481 e. The van der Waals surface area contributed by atoms with Crippen LogP contribution in [-0.4, -0.2) is 22.6 Å². The Morgan fingerprint density at radius 2 is 2.06 bits per heavy atom. The molecule has 0 aliphatic rings. The number of carboxylic acid groups (broad SMARTS) is 1. The van der Waals surface area contributed by atoms with Crippen LogP contribution in [0.2, 0.25) is 0 Å². The number of nitrogens with zero attached hydrogens (tertiary/aromatic N) is 1. The average molecular weight is 262 g/mol. The van der Waals surface area contributed by atoms with Crippen LogP contribution in [0.5, 0.6) is 0 Å². The summed E-state index contributed by atoms with van der Waals surface area (Å²) in [7, 11) is 0. The molecule has 0 aliphatic carbocycles. The molecule has 0 amide bonds. The van der Waals surface area contributed by atoms with Gasteiger partial charge >= 0.3 is 12.1 Å². The highest BCUT2D eigenvalue weighted by atomic mass is 19.4. The van der Waals surface area contributed by atoms with Crippen LogP contribution in [0.15, 0.2) is 18.3 Å². The predicted octanol–water partition coefficient (Wildman–Crippen LogP) is 2.77. The van der Waals surface area contributed by atoms with E-state index < -0.39 is 17.7 Å². The summed E-state index contributed by atoms with van der Waals surface area (Å²) in [6.45, 7) is 0.478. The van der Waals surface area contributed by atoms with E-state index in [-0.39, 0.29) is 6.42 Å². The maximum absolute atomic E-state index is 12.2. The van der Waals surface area contributed by atoms with Gasteiger partial charge in [0.15, 0.2) is 0 Å². The van der Waals surface area contributed by atoms with Crippen molar-refractivity contribution in [1.29, 1.82) is 0 Å². The van der Waals surface area contributed by atoms with E-state index in [2.05, 4.69) is 10.3 Å². The highest BCUT2D eigenvalue weighted by Gasteiger charge is 2.30. The number of rotatable bonds is 6. The van der Waals surface area contributed by atoms with Gasteiger partial charge in [0.25, 0.3) is 0 Å². The van der Waals surface area contributed by atoms with Gasteiger partial charge in [0.2, 0.25) is 0 Å². The van der Waals surface area contributed by atoms with Crippen LogP contribution in [0.1, 0.15) is 24.8 Å². The summed E-state index contributed by atoms with van der Waals surface area (Å²) in [5.41, 5.74) is -0.793. The zero-order valence-electron chi connectivity index (χ0n) is 9.50. The van der Waals surface area contributed by atoms with Crippen LogP contribution >= 0.6 is 0 Å². The Morgan fingerprint density at radius 3 is 2.56 bits per heavy atom. The summed E-state index contributed by atoms with van der Waals surface area (Å²) in [5, 5.41) is 11.2. The van der Waals surface area contributed by atoms with Crippen LogP contribution in [0, 0.1) is 0 Å². The first-order valence-electron chi connectivity index (χ1n) is 5.38. The normalized spacial score (nSPS) is 11.3. The summed E-state index contributed by atoms with van der Waals surface area (Å²) in [5.74, 6) is -0.513. The summed E-state index contributed by atoms with van der Waals surface area (Å²) in [6, 6.07) is 2.20. The van der Waals surface area contributed by atoms with E-state index in [1.165, 1.54) is 6.07 Å². The molecule has 0 saturated carbocycles. The first-order chi connectivity index (χ1) is 8.39. The third kappa shape index (κ3) is 5.03. The fourth-order valence-corrected chi connectivity index (χ4v) is 1.28. The molecule has 4 nitrogen and oxygen atoms in total. The van der Waals surface area contributed by atoms with Crippen molar-refractivity contribution < 1.29 is 23.1 Å².